The van der Waals surface area contributed by atoms with E-state index in [0.29, 0.717) is 13.0 Å². The van der Waals surface area contributed by atoms with Gasteiger partial charge >= 0.3 is 6.09 Å². The zero-order valence-electron chi connectivity index (χ0n) is 15.7. The molecule has 28 heavy (non-hydrogen) atoms. The van der Waals surface area contributed by atoms with Crippen molar-refractivity contribution in [3.63, 3.8) is 0 Å². The van der Waals surface area contributed by atoms with Gasteiger partial charge in [-0.1, -0.05) is 23.2 Å². The molecule has 2 fully saturated rings. The first-order chi connectivity index (χ1) is 13.1. The molecule has 4 rings (SSSR count). The number of halogens is 3. The Morgan fingerprint density at radius 2 is 2.00 bits per heavy atom. The van der Waals surface area contributed by atoms with Crippen LogP contribution in [0.4, 0.5) is 9.18 Å². The first-order valence-corrected chi connectivity index (χ1v) is 9.83. The van der Waals surface area contributed by atoms with Gasteiger partial charge in [0.2, 0.25) is 5.88 Å². The number of carbonyl (C=O) groups is 2. The molecule has 0 aromatic carbocycles. The summed E-state index contributed by atoms with van der Waals surface area (Å²) in [7, 11) is 0. The van der Waals surface area contributed by atoms with Gasteiger partial charge in [0.15, 0.2) is 11.0 Å². The lowest BCUT2D eigenvalue weighted by atomic mass is 10.0. The quantitative estimate of drug-likeness (QED) is 0.587. The number of aromatic nitrogens is 1. The van der Waals surface area contributed by atoms with Gasteiger partial charge in [-0.05, 0) is 33.6 Å². The molecule has 0 aliphatic carbocycles. The van der Waals surface area contributed by atoms with E-state index in [1.54, 1.807) is 9.80 Å². The number of piperazine rings is 1. The number of hydrogen-bond acceptors (Lipinski definition) is 5. The minimum atomic E-state index is -0.951. The Bertz CT molecular complexity index is 860. The zero-order chi connectivity index (χ0) is 20.4. The molecule has 2 bridgehead atoms. The van der Waals surface area contributed by atoms with E-state index in [1.165, 1.54) is 0 Å². The van der Waals surface area contributed by atoms with Crippen molar-refractivity contribution in [1.29, 1.82) is 0 Å². The number of hydrogen-bond donors (Lipinski definition) is 0. The number of rotatable bonds is 0. The number of ether oxygens (including phenoxy) is 2. The fourth-order valence-electron chi connectivity index (χ4n) is 4.16. The number of pyridine rings is 1. The van der Waals surface area contributed by atoms with Crippen molar-refractivity contribution in [2.24, 2.45) is 0 Å². The van der Waals surface area contributed by atoms with Crippen molar-refractivity contribution in [3.8, 4) is 5.88 Å². The zero-order valence-corrected chi connectivity index (χ0v) is 17.2. The maximum atomic E-state index is 14.1. The van der Waals surface area contributed by atoms with Crippen LogP contribution in [0.1, 0.15) is 44.0 Å². The molecular formula is C18H20Cl2FN3O4. The van der Waals surface area contributed by atoms with E-state index in [4.69, 9.17) is 32.7 Å². The Kier molecular flexibility index (Phi) is 4.62. The van der Waals surface area contributed by atoms with Gasteiger partial charge in [-0.25, -0.2) is 9.18 Å². The summed E-state index contributed by atoms with van der Waals surface area (Å²) in [6.45, 7) is 5.82. The van der Waals surface area contributed by atoms with E-state index >= 15 is 0 Å². The second kappa shape index (κ2) is 6.62. The highest BCUT2D eigenvalue weighted by molar-refractivity contribution is 6.36. The Hall–Kier alpha value is -1.80. The van der Waals surface area contributed by atoms with E-state index in [2.05, 4.69) is 4.98 Å². The van der Waals surface area contributed by atoms with Crippen molar-refractivity contribution in [1.82, 2.24) is 14.8 Å². The predicted octanol–water partition coefficient (Wildman–Crippen LogP) is 3.51. The van der Waals surface area contributed by atoms with Gasteiger partial charge in [0, 0.05) is 6.54 Å². The second-order valence-electron chi connectivity index (χ2n) is 8.23. The summed E-state index contributed by atoms with van der Waals surface area (Å²) in [5.74, 6) is -1.50. The van der Waals surface area contributed by atoms with Gasteiger partial charge in [0.05, 0.1) is 23.1 Å². The van der Waals surface area contributed by atoms with Crippen molar-refractivity contribution < 1.29 is 23.5 Å². The summed E-state index contributed by atoms with van der Waals surface area (Å²) in [6, 6.07) is -0.845. The summed E-state index contributed by atoms with van der Waals surface area (Å²) >= 11 is 11.8. The minimum Gasteiger partial charge on any atom is -0.475 e. The Labute approximate surface area is 171 Å². The largest absolute Gasteiger partial charge is 0.475 e. The van der Waals surface area contributed by atoms with E-state index in [1.807, 2.05) is 20.8 Å². The summed E-state index contributed by atoms with van der Waals surface area (Å²) in [5, 5.41) is -0.851. The first-order valence-electron chi connectivity index (χ1n) is 9.08. The molecule has 0 spiro atoms. The van der Waals surface area contributed by atoms with Crippen LogP contribution in [0.15, 0.2) is 0 Å². The Morgan fingerprint density at radius 1 is 1.29 bits per heavy atom. The lowest BCUT2D eigenvalue weighted by Gasteiger charge is -2.45. The van der Waals surface area contributed by atoms with Crippen LogP contribution in [-0.4, -0.2) is 63.7 Å². The van der Waals surface area contributed by atoms with Crippen molar-refractivity contribution >= 4 is 35.2 Å². The van der Waals surface area contributed by atoms with Gasteiger partial charge in [0.25, 0.3) is 5.91 Å². The van der Waals surface area contributed by atoms with Crippen LogP contribution in [0.2, 0.25) is 10.2 Å². The molecule has 0 saturated carbocycles. The van der Waals surface area contributed by atoms with Gasteiger partial charge < -0.3 is 14.4 Å². The molecular weight excluding hydrogens is 412 g/mol. The van der Waals surface area contributed by atoms with Gasteiger partial charge in [-0.3, -0.25) is 9.69 Å². The third-order valence-electron chi connectivity index (χ3n) is 5.28. The molecule has 2 saturated heterocycles. The van der Waals surface area contributed by atoms with E-state index < -0.39 is 39.6 Å². The molecule has 10 heteroatoms. The molecule has 1 aromatic rings. The van der Waals surface area contributed by atoms with Gasteiger partial charge in [-0.2, -0.15) is 4.98 Å². The highest BCUT2D eigenvalue weighted by Crippen LogP contribution is 2.41. The molecule has 0 unspecified atom stereocenters. The van der Waals surface area contributed by atoms with Crippen molar-refractivity contribution in [2.75, 3.05) is 13.2 Å². The third kappa shape index (κ3) is 3.06. The maximum absolute atomic E-state index is 14.1. The Morgan fingerprint density at radius 3 is 2.68 bits per heavy atom. The van der Waals surface area contributed by atoms with Crippen LogP contribution in [-0.2, 0) is 4.74 Å². The van der Waals surface area contributed by atoms with E-state index in [-0.39, 0.29) is 30.1 Å². The topological polar surface area (TPSA) is 72.0 Å². The van der Waals surface area contributed by atoms with E-state index in [9.17, 15) is 14.0 Å². The van der Waals surface area contributed by atoms with Crippen molar-refractivity contribution in [2.45, 2.75) is 57.3 Å². The smallest absolute Gasteiger partial charge is 0.410 e. The second-order valence-corrected chi connectivity index (χ2v) is 8.97. The molecule has 3 aliphatic heterocycles. The van der Waals surface area contributed by atoms with E-state index in [0.717, 1.165) is 6.42 Å². The minimum absolute atomic E-state index is 0.0875. The van der Waals surface area contributed by atoms with Gasteiger partial charge in [0.1, 0.15) is 17.8 Å². The lowest BCUT2D eigenvalue weighted by Crippen LogP contribution is -2.64. The lowest BCUT2D eigenvalue weighted by molar-refractivity contribution is -0.0233. The highest BCUT2D eigenvalue weighted by atomic mass is 35.5. The van der Waals surface area contributed by atoms with Gasteiger partial charge in [-0.15, -0.1) is 0 Å². The van der Waals surface area contributed by atoms with Crippen LogP contribution < -0.4 is 4.74 Å². The van der Waals surface area contributed by atoms with Crippen LogP contribution in [0, 0.1) is 5.82 Å². The van der Waals surface area contributed by atoms with Crippen LogP contribution in [0.3, 0.4) is 0 Å². The first kappa shape index (κ1) is 19.5. The monoisotopic (exact) mass is 431 g/mol. The fourth-order valence-corrected chi connectivity index (χ4v) is 4.63. The maximum Gasteiger partial charge on any atom is 0.410 e. The number of nitrogens with zero attached hydrogens (tertiary/aromatic N) is 3. The molecule has 2 amide bonds. The molecule has 3 atom stereocenters. The number of fused-ring (bicyclic) bond motifs is 5. The molecule has 7 nitrogen and oxygen atoms in total. The SMILES string of the molecule is CC(C)(C)OC(=O)N1[C@@H]2CC[C@H]1[C@H]1COc3nc(Cl)c(F)c(Cl)c3C(=O)N1C2. The summed E-state index contributed by atoms with van der Waals surface area (Å²) in [6.07, 6.45) is 1.06. The average molecular weight is 432 g/mol. The summed E-state index contributed by atoms with van der Waals surface area (Å²) in [4.78, 5) is 33.0. The highest BCUT2D eigenvalue weighted by Gasteiger charge is 2.52. The number of carbonyl (C=O) groups excluding carboxylic acids is 2. The molecule has 3 aliphatic rings. The average Bonchev–Trinajstić information content (AvgIpc) is 2.84. The molecule has 152 valence electrons. The fraction of sp³-hybridized carbons (Fsp3) is 0.611. The summed E-state index contributed by atoms with van der Waals surface area (Å²) in [5.41, 5.74) is -0.748. The summed E-state index contributed by atoms with van der Waals surface area (Å²) < 4.78 is 25.4. The molecule has 4 heterocycles. The normalized spacial score (nSPS) is 26.4. The predicted molar refractivity (Wildman–Crippen MR) is 99.4 cm³/mol. The van der Waals surface area contributed by atoms with Crippen molar-refractivity contribution in [3.05, 3.63) is 21.6 Å². The molecule has 1 aromatic heterocycles. The Balaban J connectivity index is 1.67. The van der Waals surface area contributed by atoms with Crippen LogP contribution >= 0.6 is 23.2 Å². The third-order valence-corrected chi connectivity index (χ3v) is 5.88. The molecule has 0 N–H and O–H groups in total. The molecule has 0 radical (unpaired) electrons. The van der Waals surface area contributed by atoms with Crippen LogP contribution in [0.5, 0.6) is 5.88 Å². The standard InChI is InChI=1S/C18H20Cl2FN3O4/c1-18(2,3)28-17(26)24-8-4-5-9(24)10-7-27-15-11(16(25)23(10)6-8)12(19)13(21)14(20)22-15/h8-10H,4-7H2,1-3H3/t8-,9+,10-/m1/s1. The number of amides is 2. The van der Waals surface area contributed by atoms with Crippen LogP contribution in [0.25, 0.3) is 0 Å².